The second-order valence-corrected chi connectivity index (χ2v) is 8.23. The summed E-state index contributed by atoms with van der Waals surface area (Å²) in [6, 6.07) is -0.761. The van der Waals surface area contributed by atoms with Gasteiger partial charge in [-0.15, -0.1) is 23.1 Å². The van der Waals surface area contributed by atoms with Crippen LogP contribution in [0.5, 0.6) is 0 Å². The number of thiazole rings is 1. The summed E-state index contributed by atoms with van der Waals surface area (Å²) in [5, 5.41) is 4.27. The van der Waals surface area contributed by atoms with Gasteiger partial charge in [0.25, 0.3) is 5.91 Å². The number of β-lactam (4-membered cyclic amide) rings is 1. The van der Waals surface area contributed by atoms with Crippen LogP contribution in [0.2, 0.25) is 0 Å². The molecular formula is C17H20N4O7S2. The molecule has 2 aliphatic heterocycles. The van der Waals surface area contributed by atoms with Crippen molar-refractivity contribution in [2.75, 3.05) is 18.1 Å². The van der Waals surface area contributed by atoms with Crippen LogP contribution in [0.4, 0.5) is 9.93 Å². The van der Waals surface area contributed by atoms with E-state index in [4.69, 9.17) is 15.2 Å². The lowest BCUT2D eigenvalue weighted by atomic mass is 10.0. The van der Waals surface area contributed by atoms with Crippen LogP contribution >= 0.6 is 23.1 Å². The predicted octanol–water partition coefficient (Wildman–Crippen LogP) is 0.614. The molecule has 11 nitrogen and oxygen atoms in total. The van der Waals surface area contributed by atoms with E-state index in [1.807, 2.05) is 0 Å². The number of thioether (sulfide) groups is 1. The zero-order chi connectivity index (χ0) is 21.8. The van der Waals surface area contributed by atoms with Gasteiger partial charge in [0, 0.05) is 18.1 Å². The Hall–Kier alpha value is -2.80. The lowest BCUT2D eigenvalue weighted by Gasteiger charge is -2.48. The molecule has 2 aliphatic rings. The van der Waals surface area contributed by atoms with Crippen molar-refractivity contribution in [3.63, 3.8) is 0 Å². The number of nitrogen functional groups attached to an aromatic ring is 1. The number of carbonyl (C=O) groups excluding carboxylic acids is 4. The van der Waals surface area contributed by atoms with Gasteiger partial charge in [-0.2, -0.15) is 0 Å². The van der Waals surface area contributed by atoms with E-state index in [1.54, 1.807) is 18.4 Å². The third-order valence-electron chi connectivity index (χ3n) is 4.08. The number of ether oxygens (including phenoxy) is 3. The van der Waals surface area contributed by atoms with Crippen LogP contribution in [0.3, 0.4) is 0 Å². The third kappa shape index (κ3) is 4.84. The number of anilines is 1. The molecule has 13 heteroatoms. The summed E-state index contributed by atoms with van der Waals surface area (Å²) in [5.41, 5.74) is 6.11. The van der Waals surface area contributed by atoms with Crippen molar-refractivity contribution in [1.29, 1.82) is 0 Å². The standard InChI is InChI=1S/C17H20N4O7S2/c1-3-26-17(25)28-8(2)27-15(24)10-4-5-29-14-12(13(23)21(10)14)20-11(22)6-9-7-30-16(18)19-9/h4,7-8,12,14H,3,5-6H2,1-2H3,(H2,18,19)(H,20,22)/t8?,12?,14-/m0/s1. The Kier molecular flexibility index (Phi) is 6.82. The minimum Gasteiger partial charge on any atom is -0.435 e. The molecule has 1 aromatic heterocycles. The van der Waals surface area contributed by atoms with Gasteiger partial charge in [0.15, 0.2) is 5.13 Å². The number of amides is 2. The van der Waals surface area contributed by atoms with Gasteiger partial charge in [-0.1, -0.05) is 0 Å². The predicted molar refractivity (Wildman–Crippen MR) is 107 cm³/mol. The number of esters is 1. The molecule has 3 heterocycles. The van der Waals surface area contributed by atoms with E-state index in [1.165, 1.54) is 34.9 Å². The van der Waals surface area contributed by atoms with Gasteiger partial charge in [-0.25, -0.2) is 14.6 Å². The van der Waals surface area contributed by atoms with Crippen molar-refractivity contribution in [2.45, 2.75) is 38.0 Å². The molecule has 0 saturated carbocycles. The number of nitrogens with zero attached hydrogens (tertiary/aromatic N) is 2. The Bertz CT molecular complexity index is 887. The Labute approximate surface area is 179 Å². The maximum absolute atomic E-state index is 12.6. The Balaban J connectivity index is 1.55. The molecule has 0 spiro atoms. The second-order valence-electron chi connectivity index (χ2n) is 6.19. The van der Waals surface area contributed by atoms with Gasteiger partial charge in [-0.3, -0.25) is 14.5 Å². The van der Waals surface area contributed by atoms with Crippen LogP contribution in [-0.2, 0) is 35.0 Å². The van der Waals surface area contributed by atoms with Crippen LogP contribution in [0.1, 0.15) is 19.5 Å². The molecular weight excluding hydrogens is 436 g/mol. The summed E-state index contributed by atoms with van der Waals surface area (Å²) < 4.78 is 14.5. The Morgan fingerprint density at radius 1 is 1.40 bits per heavy atom. The van der Waals surface area contributed by atoms with E-state index < -0.39 is 35.7 Å². The summed E-state index contributed by atoms with van der Waals surface area (Å²) >= 11 is 2.63. The maximum atomic E-state index is 12.6. The Morgan fingerprint density at radius 3 is 2.83 bits per heavy atom. The number of carbonyl (C=O) groups is 4. The van der Waals surface area contributed by atoms with Crippen molar-refractivity contribution in [3.05, 3.63) is 22.8 Å². The number of nitrogens with two attached hydrogens (primary N) is 1. The summed E-state index contributed by atoms with van der Waals surface area (Å²) in [4.78, 5) is 53.8. The van der Waals surface area contributed by atoms with Crippen molar-refractivity contribution in [2.24, 2.45) is 0 Å². The molecule has 3 atom stereocenters. The number of hydrogen-bond acceptors (Lipinski definition) is 11. The zero-order valence-electron chi connectivity index (χ0n) is 16.2. The molecule has 1 saturated heterocycles. The quantitative estimate of drug-likeness (QED) is 0.339. The van der Waals surface area contributed by atoms with Crippen molar-refractivity contribution >= 4 is 52.2 Å². The molecule has 1 fully saturated rings. The fraction of sp³-hybridized carbons (Fsp3) is 0.471. The highest BCUT2D eigenvalue weighted by atomic mass is 32.2. The van der Waals surface area contributed by atoms with Gasteiger partial charge in [0.1, 0.15) is 17.1 Å². The SMILES string of the molecule is CCOC(=O)OC(C)OC(=O)C1=CCS[C@H]2C(NC(=O)Cc3csc(N)n3)C(=O)N12. The molecule has 1 aromatic rings. The first-order chi connectivity index (χ1) is 14.3. The fourth-order valence-corrected chi connectivity index (χ4v) is 4.60. The lowest BCUT2D eigenvalue weighted by molar-refractivity contribution is -0.168. The molecule has 3 rings (SSSR count). The number of hydrogen-bond donors (Lipinski definition) is 2. The Morgan fingerprint density at radius 2 is 2.17 bits per heavy atom. The molecule has 30 heavy (non-hydrogen) atoms. The van der Waals surface area contributed by atoms with E-state index in [2.05, 4.69) is 15.0 Å². The first-order valence-electron chi connectivity index (χ1n) is 8.98. The number of aromatic nitrogens is 1. The van der Waals surface area contributed by atoms with Crippen molar-refractivity contribution < 1.29 is 33.4 Å². The van der Waals surface area contributed by atoms with Crippen LogP contribution < -0.4 is 11.1 Å². The second kappa shape index (κ2) is 9.34. The summed E-state index contributed by atoms with van der Waals surface area (Å²) in [5.74, 6) is -1.16. The minimum atomic E-state index is -1.19. The van der Waals surface area contributed by atoms with E-state index >= 15 is 0 Å². The van der Waals surface area contributed by atoms with Crippen LogP contribution in [0, 0.1) is 0 Å². The average molecular weight is 457 g/mol. The van der Waals surface area contributed by atoms with E-state index in [0.717, 1.165) is 0 Å². The van der Waals surface area contributed by atoms with Gasteiger partial charge < -0.3 is 25.3 Å². The molecule has 0 radical (unpaired) electrons. The molecule has 0 aliphatic carbocycles. The number of nitrogens with one attached hydrogen (secondary N) is 1. The smallest absolute Gasteiger partial charge is 0.435 e. The molecule has 2 amide bonds. The zero-order valence-corrected chi connectivity index (χ0v) is 17.8. The first kappa shape index (κ1) is 21.9. The molecule has 0 bridgehead atoms. The fourth-order valence-electron chi connectivity index (χ4n) is 2.84. The van der Waals surface area contributed by atoms with Crippen molar-refractivity contribution in [1.82, 2.24) is 15.2 Å². The molecule has 0 aromatic carbocycles. The minimum absolute atomic E-state index is 0.00230. The van der Waals surface area contributed by atoms with Crippen molar-refractivity contribution in [3.8, 4) is 0 Å². The van der Waals surface area contributed by atoms with Gasteiger partial charge in [0.2, 0.25) is 12.2 Å². The van der Waals surface area contributed by atoms with Crippen LogP contribution in [0.25, 0.3) is 0 Å². The highest BCUT2D eigenvalue weighted by Crippen LogP contribution is 2.38. The van der Waals surface area contributed by atoms with E-state index in [0.29, 0.717) is 16.6 Å². The normalized spacial score (nSPS) is 20.9. The topological polar surface area (TPSA) is 150 Å². The average Bonchev–Trinajstić information content (AvgIpc) is 3.09. The highest BCUT2D eigenvalue weighted by molar-refractivity contribution is 8.00. The molecule has 162 valence electrons. The van der Waals surface area contributed by atoms with Crippen LogP contribution in [-0.4, -0.2) is 63.9 Å². The van der Waals surface area contributed by atoms with Gasteiger partial charge in [-0.05, 0) is 13.0 Å². The lowest BCUT2D eigenvalue weighted by Crippen LogP contribution is -2.70. The molecule has 2 unspecified atom stereocenters. The van der Waals surface area contributed by atoms with Crippen LogP contribution in [0.15, 0.2) is 17.2 Å². The summed E-state index contributed by atoms with van der Waals surface area (Å²) in [6.45, 7) is 3.09. The first-order valence-corrected chi connectivity index (χ1v) is 10.9. The summed E-state index contributed by atoms with van der Waals surface area (Å²) in [6.07, 6.45) is -0.604. The highest BCUT2D eigenvalue weighted by Gasteiger charge is 2.53. The van der Waals surface area contributed by atoms with E-state index in [-0.39, 0.29) is 24.6 Å². The number of rotatable bonds is 7. The van der Waals surface area contributed by atoms with E-state index in [9.17, 15) is 19.2 Å². The largest absolute Gasteiger partial charge is 0.511 e. The van der Waals surface area contributed by atoms with Gasteiger partial charge in [0.05, 0.1) is 18.7 Å². The third-order valence-corrected chi connectivity index (χ3v) is 5.99. The monoisotopic (exact) mass is 456 g/mol. The number of fused-ring (bicyclic) bond motifs is 1. The molecule has 3 N–H and O–H groups in total. The van der Waals surface area contributed by atoms with Gasteiger partial charge >= 0.3 is 12.1 Å². The summed E-state index contributed by atoms with van der Waals surface area (Å²) in [7, 11) is 0. The maximum Gasteiger partial charge on any atom is 0.511 e.